The highest BCUT2D eigenvalue weighted by Gasteiger charge is 2.00. The summed E-state index contributed by atoms with van der Waals surface area (Å²) < 4.78 is 15.4. The van der Waals surface area contributed by atoms with Crippen LogP contribution in [-0.2, 0) is 14.2 Å². The number of halogens is 1. The van der Waals surface area contributed by atoms with Crippen molar-refractivity contribution in [2.75, 3.05) is 80.9 Å². The van der Waals surface area contributed by atoms with E-state index in [0.717, 1.165) is 58.2 Å². The Balaban J connectivity index is 0. The van der Waals surface area contributed by atoms with Crippen LogP contribution in [0.1, 0.15) is 12.8 Å². The van der Waals surface area contributed by atoms with Crippen LogP contribution >= 0.6 is 24.0 Å². The number of methoxy groups -OCH3 is 2. The van der Waals surface area contributed by atoms with Gasteiger partial charge in [0, 0.05) is 60.7 Å². The summed E-state index contributed by atoms with van der Waals surface area (Å²) in [5.74, 6) is 0.835. The van der Waals surface area contributed by atoms with E-state index in [1.54, 1.807) is 21.3 Å². The first kappa shape index (κ1) is 25.1. The van der Waals surface area contributed by atoms with E-state index in [1.807, 2.05) is 0 Å². The number of likely N-dealkylation sites (N-methyl/N-ethyl adjacent to an activating group) is 1. The number of nitrogens with one attached hydrogen (secondary N) is 2. The number of rotatable bonds is 14. The van der Waals surface area contributed by atoms with Gasteiger partial charge in [-0.05, 0) is 19.9 Å². The Kier molecular flexibility index (Phi) is 21.7. The smallest absolute Gasteiger partial charge is 0.191 e. The standard InChI is InChI=1S/C15H34N4O3.HI/c1-16-15(17-7-5-12-22-14-13-21-4)18-8-10-19(2)9-6-11-20-3;/h5-14H2,1-4H3,(H2,16,17,18);1H. The van der Waals surface area contributed by atoms with Crippen molar-refractivity contribution >= 4 is 29.9 Å². The Hall–Kier alpha value is -0.160. The number of hydrogen-bond donors (Lipinski definition) is 2. The van der Waals surface area contributed by atoms with Gasteiger partial charge in [-0.25, -0.2) is 0 Å². The van der Waals surface area contributed by atoms with Crippen molar-refractivity contribution in [1.82, 2.24) is 15.5 Å². The molecule has 7 nitrogen and oxygen atoms in total. The second-order valence-electron chi connectivity index (χ2n) is 5.03. The maximum Gasteiger partial charge on any atom is 0.191 e. The molecule has 0 aromatic heterocycles. The number of nitrogens with zero attached hydrogens (tertiary/aromatic N) is 2. The third-order valence-corrected chi connectivity index (χ3v) is 3.09. The van der Waals surface area contributed by atoms with Crippen molar-refractivity contribution in [3.05, 3.63) is 0 Å². The van der Waals surface area contributed by atoms with Gasteiger partial charge in [-0.2, -0.15) is 0 Å². The first-order valence-corrected chi connectivity index (χ1v) is 7.93. The van der Waals surface area contributed by atoms with Crippen molar-refractivity contribution in [2.24, 2.45) is 4.99 Å². The van der Waals surface area contributed by atoms with Crippen LogP contribution in [0.2, 0.25) is 0 Å². The average molecular weight is 446 g/mol. The lowest BCUT2D eigenvalue weighted by molar-refractivity contribution is 0.0698. The summed E-state index contributed by atoms with van der Waals surface area (Å²) in [5, 5.41) is 6.58. The molecule has 8 heteroatoms. The maximum absolute atomic E-state index is 5.41. The summed E-state index contributed by atoms with van der Waals surface area (Å²) >= 11 is 0. The molecule has 0 fully saturated rings. The summed E-state index contributed by atoms with van der Waals surface area (Å²) in [6.07, 6.45) is 2.00. The zero-order valence-corrected chi connectivity index (χ0v) is 17.4. The largest absolute Gasteiger partial charge is 0.385 e. The van der Waals surface area contributed by atoms with Gasteiger partial charge in [0.1, 0.15) is 0 Å². The zero-order valence-electron chi connectivity index (χ0n) is 15.1. The van der Waals surface area contributed by atoms with Crippen LogP contribution < -0.4 is 10.6 Å². The van der Waals surface area contributed by atoms with E-state index in [9.17, 15) is 0 Å². The first-order valence-electron chi connectivity index (χ1n) is 7.93. The minimum atomic E-state index is 0. The molecule has 0 aliphatic rings. The van der Waals surface area contributed by atoms with Gasteiger partial charge < -0.3 is 29.7 Å². The molecular weight excluding hydrogens is 411 g/mol. The van der Waals surface area contributed by atoms with Gasteiger partial charge in [0.25, 0.3) is 0 Å². The van der Waals surface area contributed by atoms with E-state index < -0.39 is 0 Å². The fraction of sp³-hybridized carbons (Fsp3) is 0.933. The van der Waals surface area contributed by atoms with Crippen molar-refractivity contribution in [3.63, 3.8) is 0 Å². The molecule has 0 spiro atoms. The molecule has 0 aliphatic heterocycles. The second-order valence-corrected chi connectivity index (χ2v) is 5.03. The van der Waals surface area contributed by atoms with Gasteiger partial charge in [-0.15, -0.1) is 24.0 Å². The number of hydrogen-bond acceptors (Lipinski definition) is 5. The fourth-order valence-corrected chi connectivity index (χ4v) is 1.80. The van der Waals surface area contributed by atoms with E-state index >= 15 is 0 Å². The maximum atomic E-state index is 5.41. The summed E-state index contributed by atoms with van der Waals surface area (Å²) in [6, 6.07) is 0. The second kappa shape index (κ2) is 19.9. The molecule has 0 saturated heterocycles. The minimum Gasteiger partial charge on any atom is -0.385 e. The number of ether oxygens (including phenoxy) is 3. The molecule has 0 radical (unpaired) electrons. The molecule has 0 heterocycles. The van der Waals surface area contributed by atoms with Crippen molar-refractivity contribution < 1.29 is 14.2 Å². The monoisotopic (exact) mass is 446 g/mol. The molecule has 0 saturated carbocycles. The lowest BCUT2D eigenvalue weighted by Crippen LogP contribution is -2.41. The predicted octanol–water partition coefficient (Wildman–Crippen LogP) is 0.791. The molecule has 0 bridgehead atoms. The van der Waals surface area contributed by atoms with Crippen LogP contribution in [0, 0.1) is 0 Å². The number of aliphatic imine (C=N–C) groups is 1. The Bertz CT molecular complexity index is 271. The molecule has 0 atom stereocenters. The molecule has 0 unspecified atom stereocenters. The highest BCUT2D eigenvalue weighted by atomic mass is 127. The summed E-state index contributed by atoms with van der Waals surface area (Å²) in [5.41, 5.74) is 0. The average Bonchev–Trinajstić information content (AvgIpc) is 2.52. The molecule has 0 amide bonds. The van der Waals surface area contributed by atoms with Crippen LogP contribution in [0.25, 0.3) is 0 Å². The molecule has 23 heavy (non-hydrogen) atoms. The van der Waals surface area contributed by atoms with Crippen LogP contribution in [-0.4, -0.2) is 91.8 Å². The van der Waals surface area contributed by atoms with Gasteiger partial charge in [-0.1, -0.05) is 0 Å². The zero-order chi connectivity index (χ0) is 16.5. The van der Waals surface area contributed by atoms with Crippen molar-refractivity contribution in [2.45, 2.75) is 12.8 Å². The van der Waals surface area contributed by atoms with Crippen LogP contribution in [0.5, 0.6) is 0 Å². The molecule has 140 valence electrons. The van der Waals surface area contributed by atoms with Crippen LogP contribution in [0.15, 0.2) is 4.99 Å². The lowest BCUT2D eigenvalue weighted by atomic mass is 10.4. The van der Waals surface area contributed by atoms with E-state index in [-0.39, 0.29) is 24.0 Å². The minimum absolute atomic E-state index is 0. The molecule has 2 N–H and O–H groups in total. The van der Waals surface area contributed by atoms with Crippen LogP contribution in [0.3, 0.4) is 0 Å². The van der Waals surface area contributed by atoms with Gasteiger partial charge in [0.15, 0.2) is 5.96 Å². The Morgan fingerprint density at radius 3 is 2.26 bits per heavy atom. The van der Waals surface area contributed by atoms with E-state index in [1.165, 1.54) is 0 Å². The highest BCUT2D eigenvalue weighted by molar-refractivity contribution is 14.0. The van der Waals surface area contributed by atoms with Gasteiger partial charge in [0.2, 0.25) is 0 Å². The Morgan fingerprint density at radius 2 is 1.61 bits per heavy atom. The SMILES string of the molecule is CN=C(NCCCOCCOC)NCCN(C)CCCOC.I. The van der Waals surface area contributed by atoms with E-state index in [2.05, 4.69) is 27.6 Å². The van der Waals surface area contributed by atoms with Crippen molar-refractivity contribution in [3.8, 4) is 0 Å². The molecule has 0 rings (SSSR count). The lowest BCUT2D eigenvalue weighted by Gasteiger charge is -2.18. The third kappa shape index (κ3) is 18.0. The quantitative estimate of drug-likeness (QED) is 0.178. The van der Waals surface area contributed by atoms with Crippen molar-refractivity contribution in [1.29, 1.82) is 0 Å². The van der Waals surface area contributed by atoms with Gasteiger partial charge in [0.05, 0.1) is 13.2 Å². The molecule has 0 aliphatic carbocycles. The molecule has 0 aromatic carbocycles. The topological polar surface area (TPSA) is 67.4 Å². The first-order chi connectivity index (χ1) is 10.7. The summed E-state index contributed by atoms with van der Waals surface area (Å²) in [6.45, 7) is 6.57. The Morgan fingerprint density at radius 1 is 0.913 bits per heavy atom. The normalized spacial score (nSPS) is 11.4. The van der Waals surface area contributed by atoms with Gasteiger partial charge >= 0.3 is 0 Å². The highest BCUT2D eigenvalue weighted by Crippen LogP contribution is 1.87. The Labute approximate surface area is 158 Å². The third-order valence-electron chi connectivity index (χ3n) is 3.09. The van der Waals surface area contributed by atoms with Gasteiger partial charge in [-0.3, -0.25) is 4.99 Å². The summed E-state index contributed by atoms with van der Waals surface area (Å²) in [7, 11) is 7.31. The van der Waals surface area contributed by atoms with Crippen LogP contribution in [0.4, 0.5) is 0 Å². The molecular formula is C15H35IN4O3. The molecule has 0 aromatic rings. The number of guanidine groups is 1. The summed E-state index contributed by atoms with van der Waals surface area (Å²) in [4.78, 5) is 6.48. The fourth-order valence-electron chi connectivity index (χ4n) is 1.80. The van der Waals surface area contributed by atoms with E-state index in [0.29, 0.717) is 13.2 Å². The predicted molar refractivity (Wildman–Crippen MR) is 106 cm³/mol. The van der Waals surface area contributed by atoms with E-state index in [4.69, 9.17) is 14.2 Å².